The average molecular weight is 729 g/mol. The molecule has 0 fully saturated rings. The number of carbonyl (C=O) groups is 3. The van der Waals surface area contributed by atoms with Crippen LogP contribution in [0.3, 0.4) is 0 Å². The third kappa shape index (κ3) is 10.3. The summed E-state index contributed by atoms with van der Waals surface area (Å²) in [6, 6.07) is 35.9. The number of hydrogen-bond donors (Lipinski definition) is 3. The van der Waals surface area contributed by atoms with E-state index in [1.54, 1.807) is 60.7 Å². The van der Waals surface area contributed by atoms with Gasteiger partial charge < -0.3 is 39.2 Å². The Morgan fingerprint density at radius 3 is 1.80 bits per heavy atom. The second kappa shape index (κ2) is 18.7. The molecule has 0 aromatic heterocycles. The number of rotatable bonds is 14. The molecule has 0 bridgehead atoms. The van der Waals surface area contributed by atoms with Gasteiger partial charge in [0, 0.05) is 16.3 Å². The number of terminal acetylenes is 1. The van der Waals surface area contributed by atoms with Gasteiger partial charge in [-0.15, -0.1) is 0 Å². The summed E-state index contributed by atoms with van der Waals surface area (Å²) >= 11 is 0. The Balaban J connectivity index is 0.000000719. The third-order valence-electron chi connectivity index (χ3n) is 7.46. The molecule has 6 aromatic rings. The van der Waals surface area contributed by atoms with Crippen LogP contribution in [0.4, 0.5) is 0 Å². The van der Waals surface area contributed by atoms with E-state index in [1.165, 1.54) is 36.4 Å². The zero-order valence-electron chi connectivity index (χ0n) is 28.4. The molecular weight excluding hydrogens is 696 g/mol. The Morgan fingerprint density at radius 1 is 0.593 bits per heavy atom. The number of ether oxygens (including phenoxy) is 4. The average Bonchev–Trinajstić information content (AvgIpc) is 3.18. The van der Waals surface area contributed by atoms with Crippen molar-refractivity contribution in [3.8, 4) is 47.0 Å². The summed E-state index contributed by atoms with van der Waals surface area (Å²) in [5, 5.41) is 28.8. The minimum atomic E-state index is -1.34. The molecule has 0 aliphatic heterocycles. The summed E-state index contributed by atoms with van der Waals surface area (Å²) in [6.45, 7) is 0.270. The van der Waals surface area contributed by atoms with E-state index in [0.29, 0.717) is 33.6 Å². The van der Waals surface area contributed by atoms with Gasteiger partial charge >= 0.3 is 17.9 Å². The molecule has 54 heavy (non-hydrogen) atoms. The standard InChI is InChI=1S/C36H26O11.C6H6O/c1-2-42-26-13-15-30(35(39)40)31(21-26)36(41)46-32-16-17-33(29-11-7-6-10-28(29)32)47-45-22-23-20-25(12-14-27(23)34(37)38)44-19-18-43-24-8-4-3-5-9-24;7-6-4-2-1-3-5-6/h1,3-17,20-21H,18-19,22H2,(H,37,38)(H,39,40);1-5,7H. The normalized spacial score (nSPS) is 10.2. The summed E-state index contributed by atoms with van der Waals surface area (Å²) in [5.41, 5.74) is -0.250. The predicted octanol–water partition coefficient (Wildman–Crippen LogP) is 7.79. The molecule has 0 amide bonds. The lowest BCUT2D eigenvalue weighted by molar-refractivity contribution is -0.216. The van der Waals surface area contributed by atoms with Gasteiger partial charge in [0.2, 0.25) is 0 Å². The van der Waals surface area contributed by atoms with Crippen molar-refractivity contribution in [2.75, 3.05) is 13.2 Å². The maximum absolute atomic E-state index is 13.1. The van der Waals surface area contributed by atoms with E-state index in [2.05, 4.69) is 0 Å². The number of benzene rings is 6. The summed E-state index contributed by atoms with van der Waals surface area (Å²) in [6.07, 6.45) is 7.12. The van der Waals surface area contributed by atoms with Crippen LogP contribution in [-0.4, -0.2) is 46.4 Å². The number of phenolic OH excluding ortho intramolecular Hbond substituents is 1. The predicted molar refractivity (Wildman–Crippen MR) is 196 cm³/mol. The molecule has 12 heteroatoms. The van der Waals surface area contributed by atoms with Crippen molar-refractivity contribution in [3.63, 3.8) is 0 Å². The molecular formula is C42H32O12. The van der Waals surface area contributed by atoms with Crippen LogP contribution in [0.2, 0.25) is 0 Å². The number of esters is 1. The molecule has 0 saturated carbocycles. The van der Waals surface area contributed by atoms with Crippen molar-refractivity contribution < 1.29 is 58.4 Å². The van der Waals surface area contributed by atoms with Gasteiger partial charge in [0.15, 0.2) is 5.75 Å². The maximum Gasteiger partial charge on any atom is 0.344 e. The van der Waals surface area contributed by atoms with E-state index in [1.807, 2.05) is 42.5 Å². The first kappa shape index (κ1) is 37.8. The monoisotopic (exact) mass is 728 g/mol. The number of aromatic carboxylic acids is 2. The Bertz CT molecular complexity index is 2260. The van der Waals surface area contributed by atoms with Crippen LogP contribution < -0.4 is 23.8 Å². The quantitative estimate of drug-likeness (QED) is 0.0249. The van der Waals surface area contributed by atoms with Crippen LogP contribution in [0.1, 0.15) is 36.6 Å². The fraction of sp³-hybridized carbons (Fsp3) is 0.0714. The lowest BCUT2D eigenvalue weighted by Gasteiger charge is -2.14. The number of aromatic hydroxyl groups is 1. The highest BCUT2D eigenvalue weighted by Gasteiger charge is 2.21. The number of para-hydroxylation sites is 2. The van der Waals surface area contributed by atoms with Crippen LogP contribution in [0.15, 0.2) is 133 Å². The van der Waals surface area contributed by atoms with Crippen LogP contribution in [0.5, 0.6) is 34.5 Å². The van der Waals surface area contributed by atoms with Gasteiger partial charge in [-0.05, 0) is 72.8 Å². The number of fused-ring (bicyclic) bond motifs is 1. The van der Waals surface area contributed by atoms with Gasteiger partial charge in [0.25, 0.3) is 0 Å². The van der Waals surface area contributed by atoms with E-state index in [-0.39, 0.29) is 53.8 Å². The minimum absolute atomic E-state index is 0.00560. The van der Waals surface area contributed by atoms with Crippen molar-refractivity contribution in [3.05, 3.63) is 156 Å². The summed E-state index contributed by atoms with van der Waals surface area (Å²) in [5.74, 6) is -1.53. The van der Waals surface area contributed by atoms with E-state index in [9.17, 15) is 24.6 Å². The van der Waals surface area contributed by atoms with E-state index >= 15 is 0 Å². The smallest absolute Gasteiger partial charge is 0.344 e. The number of carboxylic acids is 2. The third-order valence-corrected chi connectivity index (χ3v) is 7.46. The first-order valence-electron chi connectivity index (χ1n) is 16.2. The van der Waals surface area contributed by atoms with Crippen molar-refractivity contribution in [1.82, 2.24) is 0 Å². The zero-order chi connectivity index (χ0) is 38.3. The van der Waals surface area contributed by atoms with Gasteiger partial charge in [-0.3, -0.25) is 0 Å². The lowest BCUT2D eigenvalue weighted by atomic mass is 10.1. The van der Waals surface area contributed by atoms with Crippen LogP contribution in [0.25, 0.3) is 10.8 Å². The molecule has 0 aliphatic carbocycles. The highest BCUT2D eigenvalue weighted by atomic mass is 17.2. The molecule has 0 atom stereocenters. The Hall–Kier alpha value is -7.49. The number of carbonyl (C=O) groups excluding carboxylic acids is 1. The second-order valence-corrected chi connectivity index (χ2v) is 11.0. The largest absolute Gasteiger partial charge is 0.508 e. The van der Waals surface area contributed by atoms with Crippen molar-refractivity contribution in [2.24, 2.45) is 0 Å². The number of phenols is 1. The van der Waals surface area contributed by atoms with Crippen LogP contribution >= 0.6 is 0 Å². The van der Waals surface area contributed by atoms with Gasteiger partial charge in [-0.1, -0.05) is 67.1 Å². The van der Waals surface area contributed by atoms with Crippen molar-refractivity contribution in [1.29, 1.82) is 0 Å². The molecule has 6 rings (SSSR count). The molecule has 12 nitrogen and oxygen atoms in total. The number of carboxylic acid groups (broad SMARTS) is 2. The molecule has 0 unspecified atom stereocenters. The SMILES string of the molecule is C#COc1ccc(C(=O)O)c(C(=O)Oc2ccc(OOCc3cc(OCCOc4ccccc4)ccc3C(=O)O)c3ccccc23)c1.Oc1ccccc1. The number of hydrogen-bond acceptors (Lipinski definition) is 10. The van der Waals surface area contributed by atoms with E-state index in [4.69, 9.17) is 40.3 Å². The summed E-state index contributed by atoms with van der Waals surface area (Å²) in [4.78, 5) is 47.7. The van der Waals surface area contributed by atoms with Crippen LogP contribution in [-0.2, 0) is 11.5 Å². The molecule has 3 N–H and O–H groups in total. The highest BCUT2D eigenvalue weighted by Crippen LogP contribution is 2.34. The molecule has 0 radical (unpaired) electrons. The van der Waals surface area contributed by atoms with Gasteiger partial charge in [-0.25, -0.2) is 14.4 Å². The molecule has 272 valence electrons. The lowest BCUT2D eigenvalue weighted by Crippen LogP contribution is -2.14. The molecule has 0 spiro atoms. The maximum atomic E-state index is 13.1. The topological polar surface area (TPSA) is 167 Å². The molecule has 6 aromatic carbocycles. The van der Waals surface area contributed by atoms with E-state index < -0.39 is 17.9 Å². The summed E-state index contributed by atoms with van der Waals surface area (Å²) in [7, 11) is 0. The van der Waals surface area contributed by atoms with Crippen molar-refractivity contribution in [2.45, 2.75) is 6.61 Å². The molecule has 0 saturated heterocycles. The summed E-state index contributed by atoms with van der Waals surface area (Å²) < 4.78 is 21.9. The van der Waals surface area contributed by atoms with Gasteiger partial charge in [0.05, 0.1) is 16.7 Å². The Morgan fingerprint density at radius 2 is 1.17 bits per heavy atom. The first-order valence-corrected chi connectivity index (χ1v) is 16.2. The molecule has 0 aliphatic rings. The van der Waals surface area contributed by atoms with E-state index in [0.717, 1.165) is 0 Å². The zero-order valence-corrected chi connectivity index (χ0v) is 28.4. The van der Waals surface area contributed by atoms with Gasteiger partial charge in [0.1, 0.15) is 54.7 Å². The second-order valence-electron chi connectivity index (χ2n) is 11.0. The van der Waals surface area contributed by atoms with Crippen molar-refractivity contribution >= 4 is 28.7 Å². The Labute approximate surface area is 309 Å². The van der Waals surface area contributed by atoms with Crippen LogP contribution in [0, 0.1) is 12.5 Å². The van der Waals surface area contributed by atoms with Gasteiger partial charge in [-0.2, -0.15) is 4.89 Å². The minimum Gasteiger partial charge on any atom is -0.508 e. The fourth-order valence-electron chi connectivity index (χ4n) is 4.98. The molecule has 0 heterocycles. The Kier molecular flexibility index (Phi) is 13.0. The fourth-order valence-corrected chi connectivity index (χ4v) is 4.98. The highest BCUT2D eigenvalue weighted by molar-refractivity contribution is 6.04. The first-order chi connectivity index (χ1) is 26.2.